The molecule has 2 amide bonds. The molecule has 3 aromatic rings. The van der Waals surface area contributed by atoms with Crippen LogP contribution >= 0.6 is 0 Å². The molecule has 144 valence electrons. The van der Waals surface area contributed by atoms with Crippen LogP contribution in [-0.4, -0.2) is 29.4 Å². The third-order valence-electron chi connectivity index (χ3n) is 5.02. The number of fused-ring (bicyclic) bond motifs is 1. The Morgan fingerprint density at radius 3 is 2.75 bits per heavy atom. The van der Waals surface area contributed by atoms with Gasteiger partial charge in [0.05, 0.1) is 18.2 Å². The lowest BCUT2D eigenvalue weighted by molar-refractivity contribution is -0.121. The Morgan fingerprint density at radius 2 is 1.96 bits per heavy atom. The van der Waals surface area contributed by atoms with Crippen LogP contribution in [0.2, 0.25) is 0 Å². The zero-order chi connectivity index (χ0) is 19.8. The zero-order valence-corrected chi connectivity index (χ0v) is 15.3. The molecule has 1 aromatic heterocycles. The van der Waals surface area contributed by atoms with Gasteiger partial charge in [-0.1, -0.05) is 11.6 Å². The number of rotatable bonds is 5. The minimum Gasteiger partial charge on any atom is -0.361 e. The second kappa shape index (κ2) is 7.16. The van der Waals surface area contributed by atoms with E-state index >= 15 is 0 Å². The van der Waals surface area contributed by atoms with Crippen molar-refractivity contribution in [2.45, 2.75) is 25.8 Å². The van der Waals surface area contributed by atoms with Crippen LogP contribution in [0.3, 0.4) is 0 Å². The third-order valence-corrected chi connectivity index (χ3v) is 5.02. The molecule has 0 saturated carbocycles. The maximum Gasteiger partial charge on any atom is 0.251 e. The quantitative estimate of drug-likeness (QED) is 0.665. The Bertz CT molecular complexity index is 1080. The first kappa shape index (κ1) is 18.3. The van der Waals surface area contributed by atoms with Gasteiger partial charge in [-0.3, -0.25) is 9.59 Å². The van der Waals surface area contributed by atoms with Crippen molar-refractivity contribution in [3.05, 3.63) is 65.4 Å². The second-order valence-corrected chi connectivity index (χ2v) is 6.99. The van der Waals surface area contributed by atoms with Gasteiger partial charge in [0.1, 0.15) is 0 Å². The number of aryl methyl sites for hydroxylation is 1. The van der Waals surface area contributed by atoms with Crippen molar-refractivity contribution in [3.8, 4) is 0 Å². The van der Waals surface area contributed by atoms with E-state index in [0.717, 1.165) is 33.5 Å². The maximum atomic E-state index is 13.5. The average Bonchev–Trinajstić information content (AvgIpc) is 3.18. The molecule has 0 radical (unpaired) electrons. The van der Waals surface area contributed by atoms with Crippen LogP contribution in [0.25, 0.3) is 10.9 Å². The largest absolute Gasteiger partial charge is 0.361 e. The lowest BCUT2D eigenvalue weighted by atomic mass is 10.1. The van der Waals surface area contributed by atoms with Crippen molar-refractivity contribution in [2.75, 3.05) is 11.4 Å². The standard InChI is InChI=1S/C21H19F2N3O2/c1-12-2-5-18-15(8-12)13(11-25-18)6-7-24-19-10-20(27)26(21(19)28)14-3-4-16(22)17(23)9-14/h2-5,8-9,11,19,24-25H,6-7,10H2,1H3. The number of nitrogens with one attached hydrogen (secondary N) is 2. The van der Waals surface area contributed by atoms with Gasteiger partial charge >= 0.3 is 0 Å². The molecule has 7 heteroatoms. The van der Waals surface area contributed by atoms with Gasteiger partial charge in [0, 0.05) is 29.7 Å². The SMILES string of the molecule is Cc1ccc2[nH]cc(CCNC3CC(=O)N(c4ccc(F)c(F)c4)C3=O)c2c1. The molecule has 2 heterocycles. The smallest absolute Gasteiger partial charge is 0.251 e. The number of aromatic nitrogens is 1. The second-order valence-electron chi connectivity index (χ2n) is 6.99. The molecular formula is C21H19F2N3O2. The Hall–Kier alpha value is -3.06. The summed E-state index contributed by atoms with van der Waals surface area (Å²) in [5.74, 6) is -3.00. The first-order valence-corrected chi connectivity index (χ1v) is 9.06. The van der Waals surface area contributed by atoms with Gasteiger partial charge in [0.2, 0.25) is 5.91 Å². The van der Waals surface area contributed by atoms with Crippen molar-refractivity contribution in [2.24, 2.45) is 0 Å². The van der Waals surface area contributed by atoms with Crippen molar-refractivity contribution in [1.29, 1.82) is 0 Å². The Balaban J connectivity index is 1.43. The van der Waals surface area contributed by atoms with E-state index in [1.165, 1.54) is 11.6 Å². The number of aromatic amines is 1. The molecule has 1 atom stereocenters. The highest BCUT2D eigenvalue weighted by atomic mass is 19.2. The van der Waals surface area contributed by atoms with Gasteiger partial charge < -0.3 is 10.3 Å². The van der Waals surface area contributed by atoms with Crippen molar-refractivity contribution < 1.29 is 18.4 Å². The molecule has 1 saturated heterocycles. The highest BCUT2D eigenvalue weighted by Crippen LogP contribution is 2.25. The number of carbonyl (C=O) groups is 2. The number of hydrogen-bond donors (Lipinski definition) is 2. The van der Waals surface area contributed by atoms with Gasteiger partial charge in [0.25, 0.3) is 5.91 Å². The van der Waals surface area contributed by atoms with E-state index < -0.39 is 29.5 Å². The molecule has 2 aromatic carbocycles. The molecule has 2 N–H and O–H groups in total. The summed E-state index contributed by atoms with van der Waals surface area (Å²) in [6.45, 7) is 2.54. The number of amides is 2. The molecule has 1 aliphatic heterocycles. The molecule has 1 fully saturated rings. The van der Waals surface area contributed by atoms with E-state index in [9.17, 15) is 18.4 Å². The number of halogens is 2. The van der Waals surface area contributed by atoms with E-state index in [0.29, 0.717) is 13.0 Å². The van der Waals surface area contributed by atoms with Crippen molar-refractivity contribution in [1.82, 2.24) is 10.3 Å². The number of imide groups is 1. The maximum absolute atomic E-state index is 13.5. The van der Waals surface area contributed by atoms with Crippen LogP contribution in [0, 0.1) is 18.6 Å². The summed E-state index contributed by atoms with van der Waals surface area (Å²) in [5, 5.41) is 4.25. The summed E-state index contributed by atoms with van der Waals surface area (Å²) in [7, 11) is 0. The van der Waals surface area contributed by atoms with Crippen LogP contribution in [0.5, 0.6) is 0 Å². The number of carbonyl (C=O) groups excluding carboxylic acids is 2. The molecule has 0 spiro atoms. The Kier molecular flexibility index (Phi) is 4.68. The molecule has 1 unspecified atom stereocenters. The number of nitrogens with zero attached hydrogens (tertiary/aromatic N) is 1. The highest BCUT2D eigenvalue weighted by Gasteiger charge is 2.39. The summed E-state index contributed by atoms with van der Waals surface area (Å²) in [6, 6.07) is 8.50. The van der Waals surface area contributed by atoms with Crippen LogP contribution in [0.4, 0.5) is 14.5 Å². The lowest BCUT2D eigenvalue weighted by Gasteiger charge is -2.15. The van der Waals surface area contributed by atoms with E-state index in [1.54, 1.807) is 0 Å². The van der Waals surface area contributed by atoms with Crippen LogP contribution in [0.1, 0.15) is 17.5 Å². The van der Waals surface area contributed by atoms with Gasteiger partial charge in [-0.05, 0) is 43.2 Å². The summed E-state index contributed by atoms with van der Waals surface area (Å²) in [4.78, 5) is 29.0. The third kappa shape index (κ3) is 3.29. The zero-order valence-electron chi connectivity index (χ0n) is 15.3. The van der Waals surface area contributed by atoms with E-state index in [2.05, 4.69) is 16.4 Å². The number of anilines is 1. The molecule has 0 aliphatic carbocycles. The first-order chi connectivity index (χ1) is 13.4. The number of H-pyrrole nitrogens is 1. The lowest BCUT2D eigenvalue weighted by Crippen LogP contribution is -2.39. The summed E-state index contributed by atoms with van der Waals surface area (Å²) in [6.07, 6.45) is 2.62. The van der Waals surface area contributed by atoms with Crippen LogP contribution in [0.15, 0.2) is 42.6 Å². The molecule has 28 heavy (non-hydrogen) atoms. The van der Waals surface area contributed by atoms with E-state index in [-0.39, 0.29) is 12.1 Å². The van der Waals surface area contributed by atoms with Crippen molar-refractivity contribution in [3.63, 3.8) is 0 Å². The topological polar surface area (TPSA) is 65.2 Å². The molecular weight excluding hydrogens is 364 g/mol. The highest BCUT2D eigenvalue weighted by molar-refractivity contribution is 6.22. The van der Waals surface area contributed by atoms with E-state index in [4.69, 9.17) is 0 Å². The first-order valence-electron chi connectivity index (χ1n) is 9.06. The summed E-state index contributed by atoms with van der Waals surface area (Å²) >= 11 is 0. The normalized spacial score (nSPS) is 17.1. The van der Waals surface area contributed by atoms with Crippen LogP contribution < -0.4 is 10.2 Å². The van der Waals surface area contributed by atoms with Crippen LogP contribution in [-0.2, 0) is 16.0 Å². The van der Waals surface area contributed by atoms with Gasteiger partial charge in [-0.25, -0.2) is 13.7 Å². The molecule has 0 bridgehead atoms. The predicted molar refractivity (Wildman–Crippen MR) is 102 cm³/mol. The average molecular weight is 383 g/mol. The number of hydrogen-bond acceptors (Lipinski definition) is 3. The van der Waals surface area contributed by atoms with Crippen molar-refractivity contribution >= 4 is 28.4 Å². The van der Waals surface area contributed by atoms with Gasteiger partial charge in [-0.2, -0.15) is 0 Å². The fourth-order valence-corrected chi connectivity index (χ4v) is 3.57. The fraction of sp³-hybridized carbons (Fsp3) is 0.238. The monoisotopic (exact) mass is 383 g/mol. The fourth-order valence-electron chi connectivity index (χ4n) is 3.57. The minimum atomic E-state index is -1.09. The summed E-state index contributed by atoms with van der Waals surface area (Å²) < 4.78 is 26.6. The molecule has 1 aliphatic rings. The Labute approximate surface area is 160 Å². The molecule has 5 nitrogen and oxygen atoms in total. The minimum absolute atomic E-state index is 0.00911. The Morgan fingerprint density at radius 1 is 1.14 bits per heavy atom. The van der Waals surface area contributed by atoms with Gasteiger partial charge in [-0.15, -0.1) is 0 Å². The van der Waals surface area contributed by atoms with Gasteiger partial charge in [0.15, 0.2) is 11.6 Å². The predicted octanol–water partition coefficient (Wildman–Crippen LogP) is 3.22. The number of benzene rings is 2. The van der Waals surface area contributed by atoms with E-state index in [1.807, 2.05) is 25.3 Å². The summed E-state index contributed by atoms with van der Waals surface area (Å²) in [5.41, 5.74) is 3.39. The molecule has 4 rings (SSSR count).